The van der Waals surface area contributed by atoms with Crippen LogP contribution in [0.5, 0.6) is 0 Å². The Labute approximate surface area is 142 Å². The number of hydrogen-bond donors (Lipinski definition) is 1. The minimum Gasteiger partial charge on any atom is -0.452 e. The maximum atomic E-state index is 13.4. The van der Waals surface area contributed by atoms with Crippen LogP contribution in [-0.4, -0.2) is 18.5 Å². The summed E-state index contributed by atoms with van der Waals surface area (Å²) in [6.45, 7) is 1.09. The highest BCUT2D eigenvalue weighted by Crippen LogP contribution is 2.19. The lowest BCUT2D eigenvalue weighted by Gasteiger charge is -2.08. The number of rotatable bonds is 4. The molecule has 4 nitrogen and oxygen atoms in total. The van der Waals surface area contributed by atoms with Gasteiger partial charge in [-0.3, -0.25) is 4.79 Å². The lowest BCUT2D eigenvalue weighted by Crippen LogP contribution is -2.21. The minimum atomic E-state index is -0.736. The molecule has 0 spiro atoms. The summed E-state index contributed by atoms with van der Waals surface area (Å²) < 4.78 is 18.2. The van der Waals surface area contributed by atoms with E-state index in [1.54, 1.807) is 13.0 Å². The van der Waals surface area contributed by atoms with Gasteiger partial charge in [-0.15, -0.1) is 0 Å². The fourth-order valence-electron chi connectivity index (χ4n) is 1.75. The molecule has 0 aromatic heterocycles. The Morgan fingerprint density at radius 3 is 2.39 bits per heavy atom. The summed E-state index contributed by atoms with van der Waals surface area (Å²) in [5, 5.41) is 2.99. The predicted molar refractivity (Wildman–Crippen MR) is 86.5 cm³/mol. The Morgan fingerprint density at radius 2 is 1.78 bits per heavy atom. The van der Waals surface area contributed by atoms with Crippen LogP contribution in [0.1, 0.15) is 15.9 Å². The molecular formula is C16H12Cl2FNO3. The van der Waals surface area contributed by atoms with E-state index in [9.17, 15) is 14.0 Å². The summed E-state index contributed by atoms with van der Waals surface area (Å²) in [7, 11) is 0. The molecule has 2 aromatic rings. The van der Waals surface area contributed by atoms with Gasteiger partial charge in [-0.25, -0.2) is 9.18 Å². The molecule has 0 aliphatic carbocycles. The Bertz CT molecular complexity index is 745. The number of benzene rings is 2. The van der Waals surface area contributed by atoms with Crippen LogP contribution in [0.2, 0.25) is 10.0 Å². The van der Waals surface area contributed by atoms with Gasteiger partial charge in [0.2, 0.25) is 0 Å². The van der Waals surface area contributed by atoms with Crippen LogP contribution < -0.4 is 5.32 Å². The molecule has 1 N–H and O–H groups in total. The first-order valence-corrected chi connectivity index (χ1v) is 7.30. The third kappa shape index (κ3) is 4.94. The number of ether oxygens (including phenoxy) is 1. The standard InChI is InChI=1S/C16H12Cl2FNO3/c1-9-2-3-13(7-14(9)19)20-15(21)8-23-16(22)10-4-11(17)6-12(18)5-10/h2-7H,8H2,1H3,(H,20,21). The largest absolute Gasteiger partial charge is 0.452 e. The van der Waals surface area contributed by atoms with Crippen molar-refractivity contribution >= 4 is 40.8 Å². The second-order valence-electron chi connectivity index (χ2n) is 4.75. The van der Waals surface area contributed by atoms with Gasteiger partial charge in [0.05, 0.1) is 5.56 Å². The van der Waals surface area contributed by atoms with Crippen molar-refractivity contribution in [2.24, 2.45) is 0 Å². The summed E-state index contributed by atoms with van der Waals surface area (Å²) in [4.78, 5) is 23.5. The molecule has 0 heterocycles. The Hall–Kier alpha value is -2.11. The molecule has 0 saturated carbocycles. The molecule has 0 unspecified atom stereocenters. The molecule has 0 radical (unpaired) electrons. The predicted octanol–water partition coefficient (Wildman–Crippen LogP) is 4.24. The Kier molecular flexibility index (Phi) is 5.58. The summed E-state index contributed by atoms with van der Waals surface area (Å²) in [6, 6.07) is 8.50. The van der Waals surface area contributed by atoms with E-state index in [0.29, 0.717) is 5.56 Å². The molecule has 2 aromatic carbocycles. The monoisotopic (exact) mass is 355 g/mol. The summed E-state index contributed by atoms with van der Waals surface area (Å²) in [5.74, 6) is -1.76. The van der Waals surface area contributed by atoms with Gasteiger partial charge in [0.1, 0.15) is 5.82 Å². The van der Waals surface area contributed by atoms with Crippen molar-refractivity contribution in [2.75, 3.05) is 11.9 Å². The van der Waals surface area contributed by atoms with Gasteiger partial charge in [0.25, 0.3) is 5.91 Å². The van der Waals surface area contributed by atoms with Crippen LogP contribution in [0.15, 0.2) is 36.4 Å². The van der Waals surface area contributed by atoms with Gasteiger partial charge in [-0.2, -0.15) is 0 Å². The minimum absolute atomic E-state index is 0.136. The molecular weight excluding hydrogens is 344 g/mol. The van der Waals surface area contributed by atoms with Crippen LogP contribution in [0.4, 0.5) is 10.1 Å². The van der Waals surface area contributed by atoms with Gasteiger partial charge in [-0.1, -0.05) is 29.3 Å². The highest BCUT2D eigenvalue weighted by Gasteiger charge is 2.12. The normalized spacial score (nSPS) is 10.3. The lowest BCUT2D eigenvalue weighted by molar-refractivity contribution is -0.119. The zero-order valence-electron chi connectivity index (χ0n) is 12.0. The number of anilines is 1. The van der Waals surface area contributed by atoms with Gasteiger partial charge in [0, 0.05) is 15.7 Å². The number of amides is 1. The molecule has 0 atom stereocenters. The van der Waals surface area contributed by atoms with Gasteiger partial charge in [-0.05, 0) is 42.8 Å². The van der Waals surface area contributed by atoms with Crippen LogP contribution in [-0.2, 0) is 9.53 Å². The smallest absolute Gasteiger partial charge is 0.338 e. The highest BCUT2D eigenvalue weighted by molar-refractivity contribution is 6.35. The van der Waals surface area contributed by atoms with Crippen molar-refractivity contribution in [3.63, 3.8) is 0 Å². The number of carbonyl (C=O) groups is 2. The van der Waals surface area contributed by atoms with Crippen molar-refractivity contribution < 1.29 is 18.7 Å². The topological polar surface area (TPSA) is 55.4 Å². The summed E-state index contributed by atoms with van der Waals surface area (Å²) in [6.07, 6.45) is 0. The molecule has 23 heavy (non-hydrogen) atoms. The van der Waals surface area contributed by atoms with Crippen LogP contribution in [0.3, 0.4) is 0 Å². The zero-order chi connectivity index (χ0) is 17.0. The molecule has 2 rings (SSSR count). The van der Waals surface area contributed by atoms with Crippen LogP contribution >= 0.6 is 23.2 Å². The molecule has 0 bridgehead atoms. The number of hydrogen-bond acceptors (Lipinski definition) is 3. The first-order chi connectivity index (χ1) is 10.8. The molecule has 0 fully saturated rings. The highest BCUT2D eigenvalue weighted by atomic mass is 35.5. The van der Waals surface area contributed by atoms with E-state index in [0.717, 1.165) is 0 Å². The second kappa shape index (κ2) is 7.44. The molecule has 1 amide bonds. The van der Waals surface area contributed by atoms with Crippen LogP contribution in [0.25, 0.3) is 0 Å². The van der Waals surface area contributed by atoms with Crippen LogP contribution in [0, 0.1) is 12.7 Å². The fourth-order valence-corrected chi connectivity index (χ4v) is 2.28. The summed E-state index contributed by atoms with van der Waals surface area (Å²) >= 11 is 11.6. The Balaban J connectivity index is 1.93. The maximum absolute atomic E-state index is 13.4. The van der Waals surface area contributed by atoms with Gasteiger partial charge < -0.3 is 10.1 Å². The maximum Gasteiger partial charge on any atom is 0.338 e. The van der Waals surface area contributed by atoms with Gasteiger partial charge in [0.15, 0.2) is 6.61 Å². The molecule has 0 aliphatic heterocycles. The average molecular weight is 356 g/mol. The lowest BCUT2D eigenvalue weighted by atomic mass is 10.2. The number of carbonyl (C=O) groups excluding carboxylic acids is 2. The van der Waals surface area contributed by atoms with Gasteiger partial charge >= 0.3 is 5.97 Å². The second-order valence-corrected chi connectivity index (χ2v) is 5.62. The van der Waals surface area contributed by atoms with Crippen molar-refractivity contribution in [3.8, 4) is 0 Å². The summed E-state index contributed by atoms with van der Waals surface area (Å²) in [5.41, 5.74) is 0.879. The molecule has 7 heteroatoms. The number of aryl methyl sites for hydroxylation is 1. The third-order valence-electron chi connectivity index (χ3n) is 2.89. The zero-order valence-corrected chi connectivity index (χ0v) is 13.5. The molecule has 0 saturated heterocycles. The average Bonchev–Trinajstić information content (AvgIpc) is 2.47. The van der Waals surface area contributed by atoms with Crippen molar-refractivity contribution in [2.45, 2.75) is 6.92 Å². The quantitative estimate of drug-likeness (QED) is 0.834. The van der Waals surface area contributed by atoms with Crippen molar-refractivity contribution in [1.82, 2.24) is 0 Å². The van der Waals surface area contributed by atoms with E-state index in [4.69, 9.17) is 27.9 Å². The number of nitrogens with one attached hydrogen (secondary N) is 1. The van der Waals surface area contributed by atoms with E-state index in [1.807, 2.05) is 0 Å². The van der Waals surface area contributed by atoms with E-state index in [1.165, 1.54) is 30.3 Å². The fraction of sp³-hybridized carbons (Fsp3) is 0.125. The SMILES string of the molecule is Cc1ccc(NC(=O)COC(=O)c2cc(Cl)cc(Cl)c2)cc1F. The number of halogens is 3. The third-order valence-corrected chi connectivity index (χ3v) is 3.32. The Morgan fingerprint density at radius 1 is 1.13 bits per heavy atom. The van der Waals surface area contributed by atoms with E-state index in [-0.39, 0.29) is 21.3 Å². The van der Waals surface area contributed by atoms with E-state index in [2.05, 4.69) is 5.32 Å². The van der Waals surface area contributed by atoms with E-state index < -0.39 is 24.3 Å². The van der Waals surface area contributed by atoms with Crippen molar-refractivity contribution in [1.29, 1.82) is 0 Å². The first kappa shape index (κ1) is 17.2. The number of esters is 1. The first-order valence-electron chi connectivity index (χ1n) is 6.54. The van der Waals surface area contributed by atoms with Crippen molar-refractivity contribution in [3.05, 3.63) is 63.4 Å². The van der Waals surface area contributed by atoms with E-state index >= 15 is 0 Å². The molecule has 0 aliphatic rings. The molecule has 120 valence electrons.